The van der Waals surface area contributed by atoms with Crippen LogP contribution in [0.15, 0.2) is 30.3 Å². The van der Waals surface area contributed by atoms with Gasteiger partial charge < -0.3 is 13.8 Å². The number of rotatable bonds is 7. The van der Waals surface area contributed by atoms with Crippen molar-refractivity contribution in [2.75, 3.05) is 14.2 Å². The van der Waals surface area contributed by atoms with Gasteiger partial charge in [-0.25, -0.2) is 4.79 Å². The summed E-state index contributed by atoms with van der Waals surface area (Å²) in [6.07, 6.45) is 0.400. The van der Waals surface area contributed by atoms with Crippen molar-refractivity contribution in [2.45, 2.75) is 26.1 Å². The third-order valence-electron chi connectivity index (χ3n) is 2.79. The summed E-state index contributed by atoms with van der Waals surface area (Å²) in [7, 11) is -0.891. The van der Waals surface area contributed by atoms with Gasteiger partial charge in [-0.15, -0.1) is 0 Å². The second kappa shape index (κ2) is 7.58. The van der Waals surface area contributed by atoms with E-state index in [-0.39, 0.29) is 5.92 Å². The van der Waals surface area contributed by atoms with Crippen LogP contribution in [-0.2, 0) is 18.3 Å². The van der Waals surface area contributed by atoms with Gasteiger partial charge in [0.1, 0.15) is 0 Å². The highest BCUT2D eigenvalue weighted by atomic mass is 31.2. The molecular weight excluding hydrogens is 279 g/mol. The quantitative estimate of drug-likeness (QED) is 0.567. The molecule has 0 aliphatic heterocycles. The smallest absolute Gasteiger partial charge is 0.370 e. The molecule has 0 N–H and O–H groups in total. The Morgan fingerprint density at radius 1 is 1.15 bits per heavy atom. The summed E-state index contributed by atoms with van der Waals surface area (Å²) in [4.78, 5) is 12.1. The maximum Gasteiger partial charge on any atom is 0.370 e. The van der Waals surface area contributed by atoms with Crippen LogP contribution in [0, 0.1) is 5.92 Å². The van der Waals surface area contributed by atoms with E-state index in [1.54, 1.807) is 30.3 Å². The SMILES string of the molecule is COP(=O)(OC)[C@@H](CC(C)C)OC(=O)c1ccccc1. The standard InChI is InChI=1S/C14H21O5P/c1-11(2)10-13(20(16,17-3)18-4)19-14(15)12-8-6-5-7-9-12/h5-9,11,13H,10H2,1-4H3/t13-/m0/s1. The zero-order valence-corrected chi connectivity index (χ0v) is 13.1. The highest BCUT2D eigenvalue weighted by molar-refractivity contribution is 7.54. The molecule has 1 aromatic rings. The third-order valence-corrected chi connectivity index (χ3v) is 4.83. The summed E-state index contributed by atoms with van der Waals surface area (Å²) in [6, 6.07) is 8.55. The first kappa shape index (κ1) is 16.9. The number of esters is 1. The Morgan fingerprint density at radius 2 is 1.70 bits per heavy atom. The molecule has 0 aliphatic rings. The molecule has 0 unspecified atom stereocenters. The van der Waals surface area contributed by atoms with Crippen LogP contribution in [0.2, 0.25) is 0 Å². The molecule has 1 atom stereocenters. The second-order valence-electron chi connectivity index (χ2n) is 4.76. The van der Waals surface area contributed by atoms with E-state index in [0.29, 0.717) is 12.0 Å². The molecule has 0 aliphatic carbocycles. The molecule has 5 nitrogen and oxygen atoms in total. The predicted octanol–water partition coefficient (Wildman–Crippen LogP) is 3.70. The zero-order chi connectivity index (χ0) is 15.2. The zero-order valence-electron chi connectivity index (χ0n) is 12.2. The molecular formula is C14H21O5P. The maximum absolute atomic E-state index is 12.4. The minimum Gasteiger partial charge on any atom is -0.446 e. The fourth-order valence-corrected chi connectivity index (χ4v) is 3.24. The van der Waals surface area contributed by atoms with Gasteiger partial charge in [0.15, 0.2) is 0 Å². The van der Waals surface area contributed by atoms with Crippen molar-refractivity contribution in [3.63, 3.8) is 0 Å². The maximum atomic E-state index is 12.4. The Morgan fingerprint density at radius 3 is 2.15 bits per heavy atom. The number of benzene rings is 1. The van der Waals surface area contributed by atoms with E-state index in [2.05, 4.69) is 0 Å². The van der Waals surface area contributed by atoms with Crippen LogP contribution in [0.25, 0.3) is 0 Å². The molecule has 0 saturated heterocycles. The van der Waals surface area contributed by atoms with Gasteiger partial charge in [0.2, 0.25) is 5.85 Å². The molecule has 1 rings (SSSR count). The van der Waals surface area contributed by atoms with Crippen LogP contribution in [-0.4, -0.2) is 26.0 Å². The summed E-state index contributed by atoms with van der Waals surface area (Å²) in [5.74, 6) is -1.27. The molecule has 0 fully saturated rings. The summed E-state index contributed by atoms with van der Waals surface area (Å²) in [6.45, 7) is 3.89. The van der Waals surface area contributed by atoms with Crippen LogP contribution in [0.3, 0.4) is 0 Å². The lowest BCUT2D eigenvalue weighted by atomic mass is 10.1. The molecule has 0 saturated carbocycles. The number of hydrogen-bond donors (Lipinski definition) is 0. The number of hydrogen-bond acceptors (Lipinski definition) is 5. The molecule has 112 valence electrons. The van der Waals surface area contributed by atoms with Crippen molar-refractivity contribution in [3.8, 4) is 0 Å². The number of ether oxygens (including phenoxy) is 1. The van der Waals surface area contributed by atoms with Crippen molar-refractivity contribution >= 4 is 13.6 Å². The predicted molar refractivity (Wildman–Crippen MR) is 76.7 cm³/mol. The lowest BCUT2D eigenvalue weighted by Crippen LogP contribution is -2.22. The number of carbonyl (C=O) groups is 1. The van der Waals surface area contributed by atoms with E-state index in [4.69, 9.17) is 13.8 Å². The number of carbonyl (C=O) groups excluding carboxylic acids is 1. The topological polar surface area (TPSA) is 61.8 Å². The molecule has 0 spiro atoms. The first-order chi connectivity index (χ1) is 9.42. The van der Waals surface area contributed by atoms with Crippen LogP contribution in [0.5, 0.6) is 0 Å². The van der Waals surface area contributed by atoms with Gasteiger partial charge in [0, 0.05) is 14.2 Å². The van der Waals surface area contributed by atoms with Gasteiger partial charge in [-0.1, -0.05) is 32.0 Å². The normalized spacial score (nSPS) is 13.2. The summed E-state index contributed by atoms with van der Waals surface area (Å²) >= 11 is 0. The fraction of sp³-hybridized carbons (Fsp3) is 0.500. The lowest BCUT2D eigenvalue weighted by Gasteiger charge is -2.25. The molecule has 0 amide bonds. The van der Waals surface area contributed by atoms with Gasteiger partial charge in [0.05, 0.1) is 5.56 Å². The lowest BCUT2D eigenvalue weighted by molar-refractivity contribution is 0.0349. The van der Waals surface area contributed by atoms with E-state index < -0.39 is 19.4 Å². The Labute approximate surface area is 119 Å². The second-order valence-corrected chi connectivity index (χ2v) is 7.15. The third kappa shape index (κ3) is 4.44. The summed E-state index contributed by atoms with van der Waals surface area (Å²) in [5.41, 5.74) is 0.403. The molecule has 1 aromatic carbocycles. The summed E-state index contributed by atoms with van der Waals surface area (Å²) < 4.78 is 27.7. The van der Waals surface area contributed by atoms with E-state index in [0.717, 1.165) is 0 Å². The molecule has 20 heavy (non-hydrogen) atoms. The molecule has 0 heterocycles. The monoisotopic (exact) mass is 300 g/mol. The Bertz CT molecular complexity index is 464. The Hall–Kier alpha value is -1.16. The molecule has 0 bridgehead atoms. The minimum atomic E-state index is -3.46. The van der Waals surface area contributed by atoms with Gasteiger partial charge in [0.25, 0.3) is 0 Å². The van der Waals surface area contributed by atoms with Gasteiger partial charge >= 0.3 is 13.6 Å². The average molecular weight is 300 g/mol. The van der Waals surface area contributed by atoms with Crippen LogP contribution in [0.4, 0.5) is 0 Å². The summed E-state index contributed by atoms with van der Waals surface area (Å²) in [5, 5.41) is 0. The van der Waals surface area contributed by atoms with Crippen LogP contribution in [0.1, 0.15) is 30.6 Å². The highest BCUT2D eigenvalue weighted by Gasteiger charge is 2.38. The van der Waals surface area contributed by atoms with E-state index in [9.17, 15) is 9.36 Å². The Balaban J connectivity index is 2.90. The minimum absolute atomic E-state index is 0.183. The van der Waals surface area contributed by atoms with Crippen molar-refractivity contribution in [1.82, 2.24) is 0 Å². The molecule has 0 aromatic heterocycles. The van der Waals surface area contributed by atoms with Crippen LogP contribution < -0.4 is 0 Å². The van der Waals surface area contributed by atoms with E-state index >= 15 is 0 Å². The van der Waals surface area contributed by atoms with Gasteiger partial charge in [-0.05, 0) is 24.5 Å². The first-order valence-corrected chi connectivity index (χ1v) is 8.01. The fourth-order valence-electron chi connectivity index (χ4n) is 1.72. The highest BCUT2D eigenvalue weighted by Crippen LogP contribution is 2.54. The molecule has 6 heteroatoms. The van der Waals surface area contributed by atoms with Crippen molar-refractivity contribution in [1.29, 1.82) is 0 Å². The largest absolute Gasteiger partial charge is 0.446 e. The van der Waals surface area contributed by atoms with Crippen LogP contribution >= 0.6 is 7.60 Å². The van der Waals surface area contributed by atoms with Crippen molar-refractivity contribution in [2.24, 2.45) is 5.92 Å². The Kier molecular flexibility index (Phi) is 6.40. The first-order valence-electron chi connectivity index (χ1n) is 6.40. The average Bonchev–Trinajstić information content (AvgIpc) is 2.46. The van der Waals surface area contributed by atoms with Gasteiger partial charge in [-0.2, -0.15) is 0 Å². The van der Waals surface area contributed by atoms with Crippen molar-refractivity contribution in [3.05, 3.63) is 35.9 Å². The van der Waals surface area contributed by atoms with Gasteiger partial charge in [-0.3, -0.25) is 4.57 Å². The van der Waals surface area contributed by atoms with E-state index in [1.165, 1.54) is 14.2 Å². The van der Waals surface area contributed by atoms with E-state index in [1.807, 2.05) is 13.8 Å². The molecule has 0 radical (unpaired) electrons. The van der Waals surface area contributed by atoms with Crippen molar-refractivity contribution < 1.29 is 23.1 Å².